The number of carbonyl (C=O) groups is 1. The molecule has 1 fully saturated rings. The van der Waals surface area contributed by atoms with Crippen molar-refractivity contribution in [3.8, 4) is 0 Å². The molecule has 1 aliphatic rings. The van der Waals surface area contributed by atoms with Crippen LogP contribution in [0.2, 0.25) is 5.02 Å². The monoisotopic (exact) mass is 332 g/mol. The van der Waals surface area contributed by atoms with E-state index in [0.29, 0.717) is 23.7 Å². The molecule has 0 saturated carbocycles. The van der Waals surface area contributed by atoms with Gasteiger partial charge < -0.3 is 15.7 Å². The molecular formula is C13H17ClN2O4S. The topological polar surface area (TPSA) is 95.5 Å². The Morgan fingerprint density at radius 2 is 1.90 bits per heavy atom. The lowest BCUT2D eigenvalue weighted by molar-refractivity contribution is 0.0953. The van der Waals surface area contributed by atoms with Gasteiger partial charge in [0.1, 0.15) is 0 Å². The first-order valence-corrected chi connectivity index (χ1v) is 8.73. The van der Waals surface area contributed by atoms with E-state index in [4.69, 9.17) is 11.6 Å². The van der Waals surface area contributed by atoms with Crippen molar-refractivity contribution in [3.05, 3.63) is 34.9 Å². The third-order valence-electron chi connectivity index (χ3n) is 3.25. The Bertz CT molecular complexity index is 603. The smallest absolute Gasteiger partial charge is 0.251 e. The summed E-state index contributed by atoms with van der Waals surface area (Å²) >= 11 is 5.74. The summed E-state index contributed by atoms with van der Waals surface area (Å²) in [5, 5.41) is 15.8. The van der Waals surface area contributed by atoms with Gasteiger partial charge in [-0.05, 0) is 24.3 Å². The van der Waals surface area contributed by atoms with E-state index in [1.165, 1.54) is 0 Å². The summed E-state index contributed by atoms with van der Waals surface area (Å²) in [6, 6.07) is 6.04. The first-order chi connectivity index (χ1) is 9.87. The van der Waals surface area contributed by atoms with E-state index in [9.17, 15) is 18.3 Å². The third-order valence-corrected chi connectivity index (χ3v) is 5.21. The molecule has 1 aliphatic heterocycles. The minimum atomic E-state index is -3.16. The van der Waals surface area contributed by atoms with Crippen LogP contribution in [-0.2, 0) is 9.84 Å². The van der Waals surface area contributed by atoms with Gasteiger partial charge in [0, 0.05) is 29.7 Å². The van der Waals surface area contributed by atoms with E-state index in [0.717, 1.165) is 0 Å². The highest BCUT2D eigenvalue weighted by Gasteiger charge is 2.35. The highest BCUT2D eigenvalue weighted by atomic mass is 35.5. The lowest BCUT2D eigenvalue weighted by Gasteiger charge is -2.15. The fourth-order valence-electron chi connectivity index (χ4n) is 2.16. The molecule has 1 saturated heterocycles. The van der Waals surface area contributed by atoms with E-state index >= 15 is 0 Å². The summed E-state index contributed by atoms with van der Waals surface area (Å²) < 4.78 is 22.6. The molecule has 0 aliphatic carbocycles. The number of carbonyl (C=O) groups excluding carboxylic acids is 1. The fraction of sp³-hybridized carbons (Fsp3) is 0.462. The van der Waals surface area contributed by atoms with Crippen LogP contribution in [0, 0.1) is 0 Å². The summed E-state index contributed by atoms with van der Waals surface area (Å²) in [6.07, 6.45) is -0.887. The number of aliphatic hydroxyl groups excluding tert-OH is 1. The van der Waals surface area contributed by atoms with E-state index in [-0.39, 0.29) is 17.4 Å². The lowest BCUT2D eigenvalue weighted by Crippen LogP contribution is -2.42. The number of hydrogen-bond donors (Lipinski definition) is 3. The fourth-order valence-corrected chi connectivity index (χ4v) is 4.06. The average molecular weight is 333 g/mol. The van der Waals surface area contributed by atoms with Gasteiger partial charge in [0.05, 0.1) is 17.6 Å². The van der Waals surface area contributed by atoms with Gasteiger partial charge in [0.25, 0.3) is 5.91 Å². The van der Waals surface area contributed by atoms with Crippen molar-refractivity contribution in [2.24, 2.45) is 0 Å². The predicted octanol–water partition coefficient (Wildman–Crippen LogP) is -0.183. The molecule has 0 aromatic heterocycles. The molecule has 0 radical (unpaired) electrons. The number of benzene rings is 1. The van der Waals surface area contributed by atoms with E-state index in [1.807, 2.05) is 0 Å². The van der Waals surface area contributed by atoms with Crippen LogP contribution < -0.4 is 10.6 Å². The Hall–Kier alpha value is -1.15. The van der Waals surface area contributed by atoms with Gasteiger partial charge in [-0.15, -0.1) is 0 Å². The number of nitrogens with one attached hydrogen (secondary N) is 2. The van der Waals surface area contributed by atoms with Crippen LogP contribution in [0.25, 0.3) is 0 Å². The van der Waals surface area contributed by atoms with Crippen molar-refractivity contribution in [2.45, 2.75) is 12.1 Å². The minimum absolute atomic E-state index is 0.0701. The molecule has 2 rings (SSSR count). The van der Waals surface area contributed by atoms with Crippen molar-refractivity contribution >= 4 is 27.3 Å². The molecule has 1 heterocycles. The van der Waals surface area contributed by atoms with E-state index in [2.05, 4.69) is 10.6 Å². The Balaban J connectivity index is 1.73. The minimum Gasteiger partial charge on any atom is -0.390 e. The summed E-state index contributed by atoms with van der Waals surface area (Å²) in [4.78, 5) is 11.8. The first-order valence-electron chi connectivity index (χ1n) is 6.53. The van der Waals surface area contributed by atoms with Gasteiger partial charge in [-0.2, -0.15) is 0 Å². The Labute approximate surface area is 128 Å². The third kappa shape index (κ3) is 4.67. The van der Waals surface area contributed by atoms with Crippen molar-refractivity contribution in [1.82, 2.24) is 10.6 Å². The number of hydrogen-bond acceptors (Lipinski definition) is 5. The zero-order valence-electron chi connectivity index (χ0n) is 11.3. The van der Waals surface area contributed by atoms with Crippen molar-refractivity contribution in [3.63, 3.8) is 0 Å². The van der Waals surface area contributed by atoms with Crippen LogP contribution in [0.3, 0.4) is 0 Å². The highest BCUT2D eigenvalue weighted by Crippen LogP contribution is 2.12. The normalized spacial score (nSPS) is 23.9. The maximum absolute atomic E-state index is 11.8. The van der Waals surface area contributed by atoms with Crippen LogP contribution in [0.15, 0.2) is 24.3 Å². The van der Waals surface area contributed by atoms with Crippen molar-refractivity contribution < 1.29 is 18.3 Å². The number of sulfone groups is 1. The van der Waals surface area contributed by atoms with Gasteiger partial charge in [-0.25, -0.2) is 8.42 Å². The second-order valence-corrected chi connectivity index (χ2v) is 7.56. The van der Waals surface area contributed by atoms with Crippen molar-refractivity contribution in [1.29, 1.82) is 0 Å². The summed E-state index contributed by atoms with van der Waals surface area (Å²) in [6.45, 7) is 0.724. The summed E-state index contributed by atoms with van der Waals surface area (Å²) in [5.41, 5.74) is 0.503. The van der Waals surface area contributed by atoms with Gasteiger partial charge in [0.15, 0.2) is 9.84 Å². The standard InChI is InChI=1S/C13H17ClN2O4S/c14-10-3-1-9(2-4-10)13(18)16-6-5-15-11-7-21(19,20)8-12(11)17/h1-4,11-12,15,17H,5-8H2,(H,16,18)/t11-,12-/m0/s1. The molecule has 0 spiro atoms. The highest BCUT2D eigenvalue weighted by molar-refractivity contribution is 7.91. The number of halogens is 1. The Morgan fingerprint density at radius 3 is 2.48 bits per heavy atom. The lowest BCUT2D eigenvalue weighted by atomic mass is 10.2. The average Bonchev–Trinajstić information content (AvgIpc) is 2.68. The second kappa shape index (κ2) is 6.74. The van der Waals surface area contributed by atoms with Crippen LogP contribution in [0.5, 0.6) is 0 Å². The molecule has 0 bridgehead atoms. The SMILES string of the molecule is O=C(NCCN[C@H]1CS(=O)(=O)C[C@@H]1O)c1ccc(Cl)cc1. The molecular weight excluding hydrogens is 316 g/mol. The molecule has 1 aromatic carbocycles. The molecule has 21 heavy (non-hydrogen) atoms. The Morgan fingerprint density at radius 1 is 1.24 bits per heavy atom. The number of aliphatic hydroxyl groups is 1. The summed E-state index contributed by atoms with van der Waals surface area (Å²) in [7, 11) is -3.16. The van der Waals surface area contributed by atoms with Gasteiger partial charge in [0.2, 0.25) is 0 Å². The van der Waals surface area contributed by atoms with Crippen LogP contribution in [0.1, 0.15) is 10.4 Å². The maximum atomic E-state index is 11.8. The van der Waals surface area contributed by atoms with E-state index < -0.39 is 22.0 Å². The second-order valence-electron chi connectivity index (χ2n) is 4.97. The quantitative estimate of drug-likeness (QED) is 0.650. The maximum Gasteiger partial charge on any atom is 0.251 e. The zero-order chi connectivity index (χ0) is 15.5. The zero-order valence-corrected chi connectivity index (χ0v) is 12.8. The van der Waals surface area contributed by atoms with Crippen LogP contribution >= 0.6 is 11.6 Å². The molecule has 116 valence electrons. The van der Waals surface area contributed by atoms with E-state index in [1.54, 1.807) is 24.3 Å². The Kier molecular flexibility index (Phi) is 5.21. The molecule has 1 amide bonds. The number of amides is 1. The van der Waals surface area contributed by atoms with Gasteiger partial charge in [-0.3, -0.25) is 4.79 Å². The summed E-state index contributed by atoms with van der Waals surface area (Å²) in [5.74, 6) is -0.505. The molecule has 1 aromatic rings. The molecule has 2 atom stereocenters. The van der Waals surface area contributed by atoms with Crippen molar-refractivity contribution in [2.75, 3.05) is 24.6 Å². The predicted molar refractivity (Wildman–Crippen MR) is 80.2 cm³/mol. The van der Waals surface area contributed by atoms with Crippen LogP contribution in [0.4, 0.5) is 0 Å². The number of rotatable bonds is 5. The largest absolute Gasteiger partial charge is 0.390 e. The van der Waals surface area contributed by atoms with Gasteiger partial charge in [-0.1, -0.05) is 11.6 Å². The molecule has 0 unspecified atom stereocenters. The molecule has 8 heteroatoms. The molecule has 3 N–H and O–H groups in total. The molecule has 6 nitrogen and oxygen atoms in total. The van der Waals surface area contributed by atoms with Gasteiger partial charge >= 0.3 is 0 Å². The van der Waals surface area contributed by atoms with Crippen LogP contribution in [-0.4, -0.2) is 56.2 Å². The first kappa shape index (κ1) is 16.2.